The Bertz CT molecular complexity index is 189. The first-order valence-corrected chi connectivity index (χ1v) is 4.17. The first-order valence-electron chi connectivity index (χ1n) is 2.23. The van der Waals surface area contributed by atoms with Gasteiger partial charge in [0.05, 0.1) is 0 Å². The molecule has 0 aliphatic heterocycles. The third-order valence-corrected chi connectivity index (χ3v) is 2.70. The molecule has 0 saturated carbocycles. The summed E-state index contributed by atoms with van der Waals surface area (Å²) in [6.07, 6.45) is 0. The lowest BCUT2D eigenvalue weighted by Gasteiger charge is -1.76. The molecule has 0 nitrogen and oxygen atoms in total. The largest absolute Gasteiger partial charge is 0.212 e. The Labute approximate surface area is 63.6 Å². The highest BCUT2D eigenvalue weighted by molar-refractivity contribution is 9.08. The van der Waals surface area contributed by atoms with Gasteiger partial charge in [0, 0.05) is 10.2 Å². The molecule has 1 heterocycles. The number of hydrogen-bond donors (Lipinski definition) is 0. The van der Waals surface area contributed by atoms with Crippen LogP contribution in [0.15, 0.2) is 6.07 Å². The van der Waals surface area contributed by atoms with Gasteiger partial charge in [0.1, 0.15) is 0 Å². The zero-order valence-corrected chi connectivity index (χ0v) is 6.73. The molecule has 0 bridgehead atoms. The quantitative estimate of drug-likeness (QED) is 0.629. The average molecular weight is 213 g/mol. The van der Waals surface area contributed by atoms with Crippen molar-refractivity contribution >= 4 is 27.3 Å². The van der Waals surface area contributed by atoms with Gasteiger partial charge in [0.25, 0.3) is 0 Å². The number of thiophene rings is 1. The standard InChI is InChI=1S/C5H3BrF2S/c6-2-3-1-4(7)5(8)9-3/h1H,2H2. The molecule has 0 aliphatic carbocycles. The average Bonchev–Trinajstić information content (AvgIpc) is 2.13. The van der Waals surface area contributed by atoms with Gasteiger partial charge in [0.2, 0.25) is 5.13 Å². The maximum atomic E-state index is 12.1. The molecular formula is C5H3BrF2S. The van der Waals surface area contributed by atoms with E-state index in [1.54, 1.807) is 0 Å². The van der Waals surface area contributed by atoms with E-state index in [1.807, 2.05) is 0 Å². The van der Waals surface area contributed by atoms with Gasteiger partial charge >= 0.3 is 0 Å². The van der Waals surface area contributed by atoms with E-state index < -0.39 is 10.9 Å². The van der Waals surface area contributed by atoms with E-state index in [9.17, 15) is 8.78 Å². The Kier molecular flexibility index (Phi) is 2.18. The van der Waals surface area contributed by atoms with Crippen molar-refractivity contribution in [1.82, 2.24) is 0 Å². The van der Waals surface area contributed by atoms with E-state index in [1.165, 1.54) is 6.07 Å². The van der Waals surface area contributed by atoms with E-state index in [0.29, 0.717) is 10.2 Å². The van der Waals surface area contributed by atoms with Crippen molar-refractivity contribution in [3.05, 3.63) is 21.9 Å². The van der Waals surface area contributed by atoms with Crippen molar-refractivity contribution in [3.63, 3.8) is 0 Å². The van der Waals surface area contributed by atoms with E-state index in [4.69, 9.17) is 0 Å². The van der Waals surface area contributed by atoms with Crippen LogP contribution in [0.1, 0.15) is 4.88 Å². The SMILES string of the molecule is Fc1cc(CBr)sc1F. The van der Waals surface area contributed by atoms with Crippen molar-refractivity contribution in [3.8, 4) is 0 Å². The molecule has 50 valence electrons. The third kappa shape index (κ3) is 1.49. The van der Waals surface area contributed by atoms with Gasteiger partial charge in [-0.1, -0.05) is 15.9 Å². The second-order valence-electron chi connectivity index (χ2n) is 1.47. The third-order valence-electron chi connectivity index (χ3n) is 0.828. The Balaban J connectivity index is 2.98. The number of alkyl halides is 1. The summed E-state index contributed by atoms with van der Waals surface area (Å²) in [4.78, 5) is 0.671. The highest BCUT2D eigenvalue weighted by atomic mass is 79.9. The second kappa shape index (κ2) is 2.75. The van der Waals surface area contributed by atoms with Crippen molar-refractivity contribution in [1.29, 1.82) is 0 Å². The second-order valence-corrected chi connectivity index (χ2v) is 3.12. The van der Waals surface area contributed by atoms with Crippen LogP contribution in [0.5, 0.6) is 0 Å². The van der Waals surface area contributed by atoms with Crippen molar-refractivity contribution in [2.45, 2.75) is 5.33 Å². The molecule has 1 aromatic rings. The predicted molar refractivity (Wildman–Crippen MR) is 36.9 cm³/mol. The lowest BCUT2D eigenvalue weighted by Crippen LogP contribution is -1.65. The molecule has 0 unspecified atom stereocenters. The van der Waals surface area contributed by atoms with E-state index in [2.05, 4.69) is 15.9 Å². The van der Waals surface area contributed by atoms with Gasteiger partial charge < -0.3 is 0 Å². The maximum Gasteiger partial charge on any atom is 0.212 e. The van der Waals surface area contributed by atoms with Crippen LogP contribution in [0.25, 0.3) is 0 Å². The molecule has 4 heteroatoms. The van der Waals surface area contributed by atoms with Gasteiger partial charge in [-0.3, -0.25) is 0 Å². The van der Waals surface area contributed by atoms with E-state index in [0.717, 1.165) is 11.3 Å². The highest BCUT2D eigenvalue weighted by Crippen LogP contribution is 2.20. The fourth-order valence-corrected chi connectivity index (χ4v) is 1.57. The van der Waals surface area contributed by atoms with Crippen LogP contribution in [0.4, 0.5) is 8.78 Å². The number of rotatable bonds is 1. The Morgan fingerprint density at radius 2 is 2.22 bits per heavy atom. The zero-order chi connectivity index (χ0) is 6.85. The van der Waals surface area contributed by atoms with Crippen LogP contribution in [0, 0.1) is 10.9 Å². The fourth-order valence-electron chi connectivity index (χ4n) is 0.457. The first-order chi connectivity index (χ1) is 4.24. The first kappa shape index (κ1) is 7.15. The van der Waals surface area contributed by atoms with Gasteiger partial charge in [0.15, 0.2) is 5.82 Å². The summed E-state index contributed by atoms with van der Waals surface area (Å²) < 4.78 is 24.3. The summed E-state index contributed by atoms with van der Waals surface area (Å²) >= 11 is 3.91. The van der Waals surface area contributed by atoms with Crippen molar-refractivity contribution in [2.75, 3.05) is 0 Å². The molecule has 0 radical (unpaired) electrons. The van der Waals surface area contributed by atoms with Gasteiger partial charge in [-0.2, -0.15) is 4.39 Å². The zero-order valence-electron chi connectivity index (χ0n) is 4.33. The van der Waals surface area contributed by atoms with Crippen LogP contribution in [0.2, 0.25) is 0 Å². The molecule has 0 N–H and O–H groups in total. The minimum atomic E-state index is -0.755. The molecule has 0 fully saturated rings. The Morgan fingerprint density at radius 3 is 2.44 bits per heavy atom. The van der Waals surface area contributed by atoms with Crippen molar-refractivity contribution < 1.29 is 8.78 Å². The monoisotopic (exact) mass is 212 g/mol. The Hall–Kier alpha value is 0.0400. The molecule has 0 aromatic carbocycles. The molecular weight excluding hydrogens is 210 g/mol. The van der Waals surface area contributed by atoms with E-state index >= 15 is 0 Å². The summed E-state index contributed by atoms with van der Waals surface area (Å²) in [6, 6.07) is 1.19. The Morgan fingerprint density at radius 1 is 1.56 bits per heavy atom. The molecule has 0 amide bonds. The minimum Gasteiger partial charge on any atom is -0.203 e. The van der Waals surface area contributed by atoms with Crippen LogP contribution < -0.4 is 0 Å². The summed E-state index contributed by atoms with van der Waals surface area (Å²) in [5.41, 5.74) is 0. The topological polar surface area (TPSA) is 0 Å². The molecule has 1 rings (SSSR count). The van der Waals surface area contributed by atoms with Gasteiger partial charge in [-0.15, -0.1) is 11.3 Å². The predicted octanol–water partition coefficient (Wildman–Crippen LogP) is 2.92. The van der Waals surface area contributed by atoms with Crippen LogP contribution >= 0.6 is 27.3 Å². The van der Waals surface area contributed by atoms with Gasteiger partial charge in [-0.05, 0) is 6.07 Å². The molecule has 0 aliphatic rings. The van der Waals surface area contributed by atoms with Crippen LogP contribution in [-0.2, 0) is 5.33 Å². The van der Waals surface area contributed by atoms with Gasteiger partial charge in [-0.25, -0.2) is 4.39 Å². The smallest absolute Gasteiger partial charge is 0.203 e. The van der Waals surface area contributed by atoms with Crippen LogP contribution in [0.3, 0.4) is 0 Å². The molecule has 9 heavy (non-hydrogen) atoms. The number of halogens is 3. The van der Waals surface area contributed by atoms with Crippen molar-refractivity contribution in [2.24, 2.45) is 0 Å². The molecule has 0 spiro atoms. The number of hydrogen-bond acceptors (Lipinski definition) is 1. The minimum absolute atomic E-state index is 0.512. The lowest BCUT2D eigenvalue weighted by atomic mass is 10.5. The highest BCUT2D eigenvalue weighted by Gasteiger charge is 2.05. The van der Waals surface area contributed by atoms with E-state index in [-0.39, 0.29) is 0 Å². The van der Waals surface area contributed by atoms with Crippen LogP contribution in [-0.4, -0.2) is 0 Å². The normalized spacial score (nSPS) is 10.1. The molecule has 0 saturated heterocycles. The fraction of sp³-hybridized carbons (Fsp3) is 0.200. The molecule has 1 aromatic heterocycles. The lowest BCUT2D eigenvalue weighted by molar-refractivity contribution is 0.530. The molecule has 0 atom stereocenters. The summed E-state index contributed by atoms with van der Waals surface area (Å²) in [5.74, 6) is -0.755. The summed E-state index contributed by atoms with van der Waals surface area (Å²) in [7, 11) is 0. The summed E-state index contributed by atoms with van der Waals surface area (Å²) in [5, 5.41) is -0.220. The summed E-state index contributed by atoms with van der Waals surface area (Å²) in [6.45, 7) is 0. The maximum absolute atomic E-state index is 12.1.